The first-order chi connectivity index (χ1) is 6.71. The van der Waals surface area contributed by atoms with E-state index in [2.05, 4.69) is 5.32 Å². The Morgan fingerprint density at radius 2 is 2.07 bits per heavy atom. The molecule has 4 heteroatoms. The summed E-state index contributed by atoms with van der Waals surface area (Å²) < 4.78 is 0. The molecule has 0 bridgehead atoms. The standard InChI is InChI=1S/C10H18N2OS/c11-10(3-4-10)9(13)12-7-8-1-5-14-6-2-8/h8H,1-7,11H2,(H,12,13). The Morgan fingerprint density at radius 1 is 1.43 bits per heavy atom. The van der Waals surface area contributed by atoms with Crippen molar-refractivity contribution in [2.75, 3.05) is 18.1 Å². The highest BCUT2D eigenvalue weighted by Crippen LogP contribution is 2.32. The second-order valence-corrected chi connectivity index (χ2v) is 5.65. The van der Waals surface area contributed by atoms with Crippen LogP contribution < -0.4 is 11.1 Å². The average Bonchev–Trinajstić information content (AvgIpc) is 2.96. The molecule has 0 unspecified atom stereocenters. The van der Waals surface area contributed by atoms with Gasteiger partial charge in [0, 0.05) is 6.54 Å². The molecule has 2 rings (SSSR count). The maximum absolute atomic E-state index is 11.5. The number of thioether (sulfide) groups is 1. The van der Waals surface area contributed by atoms with Crippen molar-refractivity contribution >= 4 is 17.7 Å². The van der Waals surface area contributed by atoms with Gasteiger partial charge in [0.05, 0.1) is 5.54 Å². The quantitative estimate of drug-likeness (QED) is 0.728. The van der Waals surface area contributed by atoms with Crippen LogP contribution in [0.3, 0.4) is 0 Å². The fraction of sp³-hybridized carbons (Fsp3) is 0.900. The average molecular weight is 214 g/mol. The fourth-order valence-electron chi connectivity index (χ4n) is 1.73. The Kier molecular flexibility index (Phi) is 3.02. The molecule has 1 saturated heterocycles. The van der Waals surface area contributed by atoms with E-state index in [0.29, 0.717) is 5.92 Å². The molecule has 2 aliphatic rings. The van der Waals surface area contributed by atoms with Gasteiger partial charge < -0.3 is 11.1 Å². The Labute approximate surface area is 89.2 Å². The van der Waals surface area contributed by atoms with Crippen molar-refractivity contribution in [1.29, 1.82) is 0 Å². The van der Waals surface area contributed by atoms with E-state index in [1.54, 1.807) is 0 Å². The van der Waals surface area contributed by atoms with Crippen molar-refractivity contribution in [3.05, 3.63) is 0 Å². The molecule has 0 spiro atoms. The second-order valence-electron chi connectivity index (χ2n) is 4.42. The van der Waals surface area contributed by atoms with Gasteiger partial charge in [-0.05, 0) is 43.1 Å². The van der Waals surface area contributed by atoms with Gasteiger partial charge in [-0.25, -0.2) is 0 Å². The first-order valence-corrected chi connectivity index (χ1v) is 6.51. The summed E-state index contributed by atoms with van der Waals surface area (Å²) in [6.07, 6.45) is 4.20. The lowest BCUT2D eigenvalue weighted by atomic mass is 10.0. The third-order valence-electron chi connectivity index (χ3n) is 3.13. The van der Waals surface area contributed by atoms with E-state index in [-0.39, 0.29) is 5.91 Å². The van der Waals surface area contributed by atoms with Crippen LogP contribution in [0.2, 0.25) is 0 Å². The Bertz CT molecular complexity index is 222. The summed E-state index contributed by atoms with van der Waals surface area (Å²) in [6, 6.07) is 0. The number of nitrogens with one attached hydrogen (secondary N) is 1. The van der Waals surface area contributed by atoms with Crippen molar-refractivity contribution in [1.82, 2.24) is 5.32 Å². The normalized spacial score (nSPS) is 25.8. The van der Waals surface area contributed by atoms with E-state index in [1.807, 2.05) is 11.8 Å². The predicted molar refractivity (Wildman–Crippen MR) is 59.2 cm³/mol. The largest absolute Gasteiger partial charge is 0.354 e. The summed E-state index contributed by atoms with van der Waals surface area (Å²) in [4.78, 5) is 11.5. The van der Waals surface area contributed by atoms with E-state index in [1.165, 1.54) is 24.3 Å². The highest BCUT2D eigenvalue weighted by Gasteiger charge is 2.45. The molecule has 3 nitrogen and oxygen atoms in total. The van der Waals surface area contributed by atoms with Gasteiger partial charge in [-0.2, -0.15) is 11.8 Å². The molecule has 0 aromatic heterocycles. The molecule has 2 fully saturated rings. The topological polar surface area (TPSA) is 55.1 Å². The molecule has 1 amide bonds. The molecule has 0 atom stereocenters. The maximum atomic E-state index is 11.5. The highest BCUT2D eigenvalue weighted by molar-refractivity contribution is 7.99. The van der Waals surface area contributed by atoms with Crippen LogP contribution in [0.25, 0.3) is 0 Å². The minimum atomic E-state index is -0.497. The van der Waals surface area contributed by atoms with Crippen LogP contribution in [0, 0.1) is 5.92 Å². The fourth-order valence-corrected chi connectivity index (χ4v) is 2.93. The predicted octanol–water partition coefficient (Wildman–Crippen LogP) is 0.737. The van der Waals surface area contributed by atoms with Gasteiger partial charge >= 0.3 is 0 Å². The summed E-state index contributed by atoms with van der Waals surface area (Å²) in [5.41, 5.74) is 5.29. The van der Waals surface area contributed by atoms with E-state index >= 15 is 0 Å². The number of nitrogens with two attached hydrogens (primary N) is 1. The van der Waals surface area contributed by atoms with E-state index in [0.717, 1.165) is 19.4 Å². The van der Waals surface area contributed by atoms with Crippen LogP contribution >= 0.6 is 11.8 Å². The van der Waals surface area contributed by atoms with Crippen molar-refractivity contribution in [2.24, 2.45) is 11.7 Å². The van der Waals surface area contributed by atoms with Crippen LogP contribution in [-0.4, -0.2) is 29.5 Å². The number of hydrogen-bond acceptors (Lipinski definition) is 3. The smallest absolute Gasteiger partial charge is 0.240 e. The zero-order valence-corrected chi connectivity index (χ0v) is 9.24. The molecule has 1 aliphatic heterocycles. The Balaban J connectivity index is 1.68. The summed E-state index contributed by atoms with van der Waals surface area (Å²) in [7, 11) is 0. The lowest BCUT2D eigenvalue weighted by Crippen LogP contribution is -2.44. The Hall–Kier alpha value is -0.220. The molecule has 3 N–H and O–H groups in total. The summed E-state index contributed by atoms with van der Waals surface area (Å²) in [6.45, 7) is 0.832. The molecule has 14 heavy (non-hydrogen) atoms. The monoisotopic (exact) mass is 214 g/mol. The number of rotatable bonds is 3. The third-order valence-corrected chi connectivity index (χ3v) is 4.18. The SMILES string of the molecule is NC1(C(=O)NCC2CCSCC2)CC1. The zero-order chi connectivity index (χ0) is 10.0. The van der Waals surface area contributed by atoms with Gasteiger partial charge in [-0.3, -0.25) is 4.79 Å². The first-order valence-electron chi connectivity index (χ1n) is 5.36. The molecule has 1 aliphatic carbocycles. The van der Waals surface area contributed by atoms with Gasteiger partial charge in [0.15, 0.2) is 0 Å². The molecule has 80 valence electrons. The van der Waals surface area contributed by atoms with Gasteiger partial charge in [0.1, 0.15) is 0 Å². The van der Waals surface area contributed by atoms with E-state index in [4.69, 9.17) is 5.73 Å². The van der Waals surface area contributed by atoms with Gasteiger partial charge in [0.2, 0.25) is 5.91 Å². The molecule has 1 heterocycles. The lowest BCUT2D eigenvalue weighted by Gasteiger charge is -2.22. The van der Waals surface area contributed by atoms with Crippen LogP contribution in [0.15, 0.2) is 0 Å². The summed E-state index contributed by atoms with van der Waals surface area (Å²) in [5.74, 6) is 3.24. The number of amides is 1. The number of carbonyl (C=O) groups is 1. The molecular weight excluding hydrogens is 196 g/mol. The highest BCUT2D eigenvalue weighted by atomic mass is 32.2. The molecule has 0 aromatic carbocycles. The summed E-state index contributed by atoms with van der Waals surface area (Å²) >= 11 is 2.01. The minimum absolute atomic E-state index is 0.0655. The van der Waals surface area contributed by atoms with Crippen LogP contribution in [-0.2, 0) is 4.79 Å². The molecule has 1 saturated carbocycles. The second kappa shape index (κ2) is 4.11. The van der Waals surface area contributed by atoms with E-state index < -0.39 is 5.54 Å². The van der Waals surface area contributed by atoms with Gasteiger partial charge in [-0.1, -0.05) is 0 Å². The van der Waals surface area contributed by atoms with Gasteiger partial charge in [0.25, 0.3) is 0 Å². The number of hydrogen-bond donors (Lipinski definition) is 2. The molecular formula is C10H18N2OS. The maximum Gasteiger partial charge on any atom is 0.240 e. The van der Waals surface area contributed by atoms with Crippen LogP contribution in [0.1, 0.15) is 25.7 Å². The first kappa shape index (κ1) is 10.3. The lowest BCUT2D eigenvalue weighted by molar-refractivity contribution is -0.123. The van der Waals surface area contributed by atoms with E-state index in [9.17, 15) is 4.79 Å². The summed E-state index contributed by atoms with van der Waals surface area (Å²) in [5, 5.41) is 2.98. The van der Waals surface area contributed by atoms with Crippen molar-refractivity contribution in [2.45, 2.75) is 31.2 Å². The van der Waals surface area contributed by atoms with Gasteiger partial charge in [-0.15, -0.1) is 0 Å². The van der Waals surface area contributed by atoms with Crippen LogP contribution in [0.4, 0.5) is 0 Å². The van der Waals surface area contributed by atoms with Crippen molar-refractivity contribution in [3.63, 3.8) is 0 Å². The van der Waals surface area contributed by atoms with Crippen LogP contribution in [0.5, 0.6) is 0 Å². The molecule has 0 aromatic rings. The third kappa shape index (κ3) is 2.42. The Morgan fingerprint density at radius 3 is 2.64 bits per heavy atom. The minimum Gasteiger partial charge on any atom is -0.354 e. The van der Waals surface area contributed by atoms with Crippen molar-refractivity contribution in [3.8, 4) is 0 Å². The molecule has 0 radical (unpaired) electrons. The van der Waals surface area contributed by atoms with Crippen molar-refractivity contribution < 1.29 is 4.79 Å². The number of carbonyl (C=O) groups excluding carboxylic acids is 1. The zero-order valence-electron chi connectivity index (χ0n) is 8.42.